The molecule has 1 fully saturated rings. The third-order valence-electron chi connectivity index (χ3n) is 6.19. The molecule has 1 aliphatic rings. The summed E-state index contributed by atoms with van der Waals surface area (Å²) in [5.74, 6) is 1.66. The highest BCUT2D eigenvalue weighted by molar-refractivity contribution is 6.04. The molecule has 0 bridgehead atoms. The first-order chi connectivity index (χ1) is 16.9. The maximum absolute atomic E-state index is 13.0. The van der Waals surface area contributed by atoms with E-state index in [1.165, 1.54) is 0 Å². The van der Waals surface area contributed by atoms with E-state index >= 15 is 0 Å². The zero-order chi connectivity index (χ0) is 24.4. The van der Waals surface area contributed by atoms with Gasteiger partial charge in [0.1, 0.15) is 5.82 Å². The van der Waals surface area contributed by atoms with E-state index in [-0.39, 0.29) is 5.91 Å². The fourth-order valence-electron chi connectivity index (χ4n) is 4.45. The second-order valence-electron chi connectivity index (χ2n) is 9.44. The van der Waals surface area contributed by atoms with E-state index in [4.69, 9.17) is 0 Å². The highest BCUT2D eigenvalue weighted by Gasteiger charge is 2.19. The van der Waals surface area contributed by atoms with Crippen molar-refractivity contribution in [2.24, 2.45) is 13.0 Å². The molecule has 1 amide bonds. The molecule has 1 N–H and O–H groups in total. The topological polar surface area (TPSA) is 92.1 Å². The number of fused-ring (bicyclic) bond motifs is 1. The lowest BCUT2D eigenvalue weighted by molar-refractivity contribution is 0.102. The molecule has 0 unspecified atom stereocenters. The van der Waals surface area contributed by atoms with Gasteiger partial charge in [-0.3, -0.25) is 14.4 Å². The molecule has 0 radical (unpaired) electrons. The summed E-state index contributed by atoms with van der Waals surface area (Å²) in [6, 6.07) is 11.4. The van der Waals surface area contributed by atoms with Gasteiger partial charge in [0.25, 0.3) is 5.91 Å². The smallest absolute Gasteiger partial charge is 0.257 e. The van der Waals surface area contributed by atoms with Crippen LogP contribution in [0.3, 0.4) is 0 Å². The van der Waals surface area contributed by atoms with Crippen molar-refractivity contribution in [2.75, 3.05) is 42.9 Å². The SMILES string of the molecule is CC(C)CN1CCN(c2cc(C(=O)Nc3cc4cc(-c5cnn(C)c5)ccc4nn3)ccn2)CC1. The third-order valence-corrected chi connectivity index (χ3v) is 6.19. The second kappa shape index (κ2) is 9.79. The van der Waals surface area contributed by atoms with E-state index in [1.807, 2.05) is 49.8 Å². The van der Waals surface area contributed by atoms with Crippen LogP contribution in [0.15, 0.2) is 55.0 Å². The molecule has 0 aliphatic carbocycles. The van der Waals surface area contributed by atoms with Crippen LogP contribution in [0.4, 0.5) is 11.6 Å². The van der Waals surface area contributed by atoms with E-state index in [0.717, 1.165) is 60.6 Å². The maximum Gasteiger partial charge on any atom is 0.257 e. The molecule has 1 aliphatic heterocycles. The van der Waals surface area contributed by atoms with E-state index in [1.54, 1.807) is 16.9 Å². The van der Waals surface area contributed by atoms with Crippen LogP contribution in [0.1, 0.15) is 24.2 Å². The Bertz CT molecular complexity index is 1340. The van der Waals surface area contributed by atoms with E-state index in [0.29, 0.717) is 17.3 Å². The van der Waals surface area contributed by atoms with Crippen molar-refractivity contribution >= 4 is 28.4 Å². The minimum atomic E-state index is -0.232. The maximum atomic E-state index is 13.0. The Balaban J connectivity index is 1.29. The van der Waals surface area contributed by atoms with Crippen molar-refractivity contribution < 1.29 is 4.79 Å². The molecule has 1 aromatic carbocycles. The number of benzene rings is 1. The summed E-state index contributed by atoms with van der Waals surface area (Å²) in [6.45, 7) is 9.42. The fourth-order valence-corrected chi connectivity index (χ4v) is 4.45. The van der Waals surface area contributed by atoms with Gasteiger partial charge in [-0.15, -0.1) is 10.2 Å². The molecule has 180 valence electrons. The first kappa shape index (κ1) is 22.9. The summed E-state index contributed by atoms with van der Waals surface area (Å²) in [6.07, 6.45) is 5.48. The zero-order valence-electron chi connectivity index (χ0n) is 20.3. The second-order valence-corrected chi connectivity index (χ2v) is 9.44. The van der Waals surface area contributed by atoms with Crippen LogP contribution in [0.5, 0.6) is 0 Å². The van der Waals surface area contributed by atoms with Gasteiger partial charge in [0.2, 0.25) is 0 Å². The number of amides is 1. The Hall–Kier alpha value is -3.85. The number of nitrogens with zero attached hydrogens (tertiary/aromatic N) is 7. The number of carbonyl (C=O) groups is 1. The zero-order valence-corrected chi connectivity index (χ0v) is 20.3. The normalized spacial score (nSPS) is 14.6. The first-order valence-electron chi connectivity index (χ1n) is 12.0. The third kappa shape index (κ3) is 5.30. The summed E-state index contributed by atoms with van der Waals surface area (Å²) in [4.78, 5) is 22.2. The van der Waals surface area contributed by atoms with Gasteiger partial charge in [-0.2, -0.15) is 5.10 Å². The van der Waals surface area contributed by atoms with Crippen LogP contribution < -0.4 is 10.2 Å². The summed E-state index contributed by atoms with van der Waals surface area (Å²) in [5.41, 5.74) is 3.36. The van der Waals surface area contributed by atoms with Crippen molar-refractivity contribution in [2.45, 2.75) is 13.8 Å². The molecule has 0 saturated carbocycles. The number of hydrogen-bond donors (Lipinski definition) is 1. The first-order valence-corrected chi connectivity index (χ1v) is 12.0. The van der Waals surface area contributed by atoms with Crippen molar-refractivity contribution in [1.29, 1.82) is 0 Å². The van der Waals surface area contributed by atoms with Crippen LogP contribution in [0.2, 0.25) is 0 Å². The number of nitrogens with one attached hydrogen (secondary N) is 1. The predicted molar refractivity (Wildman–Crippen MR) is 137 cm³/mol. The van der Waals surface area contributed by atoms with Crippen LogP contribution in [0, 0.1) is 5.92 Å². The summed E-state index contributed by atoms with van der Waals surface area (Å²) in [7, 11) is 1.89. The van der Waals surface area contributed by atoms with E-state index < -0.39 is 0 Å². The Labute approximate surface area is 204 Å². The minimum Gasteiger partial charge on any atom is -0.354 e. The lowest BCUT2D eigenvalue weighted by Crippen LogP contribution is -2.47. The number of pyridine rings is 1. The molecular weight excluding hydrogens is 440 g/mol. The summed E-state index contributed by atoms with van der Waals surface area (Å²) < 4.78 is 1.77. The van der Waals surface area contributed by atoms with Crippen LogP contribution in [0.25, 0.3) is 22.0 Å². The van der Waals surface area contributed by atoms with Gasteiger partial charge in [0, 0.05) is 68.7 Å². The Morgan fingerprint density at radius 3 is 2.60 bits per heavy atom. The molecule has 9 nitrogen and oxygen atoms in total. The molecule has 0 atom stereocenters. The Kier molecular flexibility index (Phi) is 6.41. The number of hydrogen-bond acceptors (Lipinski definition) is 7. The highest BCUT2D eigenvalue weighted by Crippen LogP contribution is 2.24. The van der Waals surface area contributed by atoms with Crippen molar-refractivity contribution in [3.8, 4) is 11.1 Å². The summed E-state index contributed by atoms with van der Waals surface area (Å²) >= 11 is 0. The predicted octanol–water partition coefficient (Wildman–Crippen LogP) is 3.46. The molecule has 35 heavy (non-hydrogen) atoms. The van der Waals surface area contributed by atoms with Gasteiger partial charge < -0.3 is 10.2 Å². The molecule has 1 saturated heterocycles. The molecule has 4 heterocycles. The highest BCUT2D eigenvalue weighted by atomic mass is 16.1. The molecule has 5 rings (SSSR count). The lowest BCUT2D eigenvalue weighted by Gasteiger charge is -2.36. The van der Waals surface area contributed by atoms with Crippen molar-refractivity contribution in [3.63, 3.8) is 0 Å². The number of aromatic nitrogens is 5. The van der Waals surface area contributed by atoms with Gasteiger partial charge in [0.15, 0.2) is 5.82 Å². The minimum absolute atomic E-state index is 0.232. The van der Waals surface area contributed by atoms with Gasteiger partial charge in [0.05, 0.1) is 11.7 Å². The number of anilines is 2. The van der Waals surface area contributed by atoms with Gasteiger partial charge in [-0.25, -0.2) is 4.98 Å². The number of rotatable bonds is 6. The molecular formula is C26H30N8O. The lowest BCUT2D eigenvalue weighted by atomic mass is 10.1. The van der Waals surface area contributed by atoms with E-state index in [9.17, 15) is 4.79 Å². The van der Waals surface area contributed by atoms with Crippen LogP contribution >= 0.6 is 0 Å². The average molecular weight is 471 g/mol. The molecule has 0 spiro atoms. The van der Waals surface area contributed by atoms with Gasteiger partial charge in [-0.1, -0.05) is 19.9 Å². The number of aryl methyl sites for hydroxylation is 1. The van der Waals surface area contributed by atoms with Crippen LogP contribution in [-0.2, 0) is 7.05 Å². The summed E-state index contributed by atoms with van der Waals surface area (Å²) in [5, 5.41) is 16.5. The quantitative estimate of drug-likeness (QED) is 0.461. The van der Waals surface area contributed by atoms with Gasteiger partial charge >= 0.3 is 0 Å². The Morgan fingerprint density at radius 2 is 1.86 bits per heavy atom. The number of piperazine rings is 1. The monoisotopic (exact) mass is 470 g/mol. The Morgan fingerprint density at radius 1 is 1.03 bits per heavy atom. The largest absolute Gasteiger partial charge is 0.354 e. The molecule has 9 heteroatoms. The van der Waals surface area contributed by atoms with E-state index in [2.05, 4.69) is 49.2 Å². The number of carbonyl (C=O) groups excluding carboxylic acids is 1. The molecule has 3 aromatic heterocycles. The van der Waals surface area contributed by atoms with Crippen molar-refractivity contribution in [1.82, 2.24) is 29.9 Å². The standard InChI is InChI=1S/C26H30N8O/c1-18(2)16-33-8-10-34(11-9-33)25-14-20(6-7-27-25)26(35)29-24-13-21-12-19(4-5-23(21)30-31-24)22-15-28-32(3)17-22/h4-7,12-15,17-18H,8-11,16H2,1-3H3,(H,29,31,35). The fraction of sp³-hybridized carbons (Fsp3) is 0.346. The van der Waals surface area contributed by atoms with Crippen LogP contribution in [-0.4, -0.2) is 68.5 Å². The van der Waals surface area contributed by atoms with Gasteiger partial charge in [-0.05, 0) is 41.8 Å². The average Bonchev–Trinajstić information content (AvgIpc) is 3.30. The molecule has 4 aromatic rings. The van der Waals surface area contributed by atoms with Crippen molar-refractivity contribution in [3.05, 3.63) is 60.6 Å².